The van der Waals surface area contributed by atoms with Crippen LogP contribution in [0.2, 0.25) is 0 Å². The minimum atomic E-state index is 0.475. The summed E-state index contributed by atoms with van der Waals surface area (Å²) in [7, 11) is 0. The molecule has 1 aliphatic carbocycles. The number of hydrogen-bond acceptors (Lipinski definition) is 4. The zero-order valence-corrected chi connectivity index (χ0v) is 10.8. The Hall–Kier alpha value is -2.56. The average molecular weight is 263 g/mol. The molecule has 3 aromatic rings. The number of pyridine rings is 2. The summed E-state index contributed by atoms with van der Waals surface area (Å²) < 4.78 is 2.03. The van der Waals surface area contributed by atoms with Gasteiger partial charge in [-0.15, -0.1) is 0 Å². The zero-order chi connectivity index (χ0) is 13.4. The van der Waals surface area contributed by atoms with E-state index < -0.39 is 0 Å². The van der Waals surface area contributed by atoms with Gasteiger partial charge in [0.1, 0.15) is 0 Å². The Bertz CT molecular complexity index is 717. The first-order chi connectivity index (χ1) is 9.92. The highest BCUT2D eigenvalue weighted by Gasteiger charge is 2.29. The van der Waals surface area contributed by atoms with Gasteiger partial charge >= 0.3 is 0 Å². The molecule has 5 nitrogen and oxygen atoms in total. The quantitative estimate of drug-likeness (QED) is 0.729. The van der Waals surface area contributed by atoms with Gasteiger partial charge in [-0.2, -0.15) is 5.10 Å². The van der Waals surface area contributed by atoms with Crippen LogP contribution in [0.15, 0.2) is 49.1 Å². The maximum Gasteiger partial charge on any atom is 0.183 e. The third kappa shape index (κ3) is 1.97. The Morgan fingerprint density at radius 1 is 0.950 bits per heavy atom. The van der Waals surface area contributed by atoms with Crippen LogP contribution in [0.5, 0.6) is 0 Å². The molecule has 5 heteroatoms. The van der Waals surface area contributed by atoms with Crippen molar-refractivity contribution < 1.29 is 0 Å². The first-order valence-corrected chi connectivity index (χ1v) is 6.69. The smallest absolute Gasteiger partial charge is 0.183 e. The molecule has 0 unspecified atom stereocenters. The van der Waals surface area contributed by atoms with E-state index in [2.05, 4.69) is 20.1 Å². The first kappa shape index (κ1) is 11.3. The van der Waals surface area contributed by atoms with E-state index in [-0.39, 0.29) is 0 Å². The van der Waals surface area contributed by atoms with E-state index in [1.165, 1.54) is 12.8 Å². The van der Waals surface area contributed by atoms with Crippen LogP contribution in [0.25, 0.3) is 22.8 Å². The Labute approximate surface area is 116 Å². The summed E-state index contributed by atoms with van der Waals surface area (Å²) in [5.74, 6) is 1.61. The standard InChI is InChI=1S/C15H13N5/c1-3-11(9-16-7-1)14-18-15(12-4-2-8-17-10-12)20(19-14)13-5-6-13/h1-4,7-10,13H,5-6H2. The van der Waals surface area contributed by atoms with E-state index in [4.69, 9.17) is 0 Å². The highest BCUT2D eigenvalue weighted by molar-refractivity contribution is 5.60. The van der Waals surface area contributed by atoms with Crippen LogP contribution in [-0.2, 0) is 0 Å². The predicted octanol–water partition coefficient (Wildman–Crippen LogP) is 2.74. The van der Waals surface area contributed by atoms with Crippen molar-refractivity contribution in [1.82, 2.24) is 24.7 Å². The summed E-state index contributed by atoms with van der Waals surface area (Å²) in [6.45, 7) is 0. The number of nitrogens with zero attached hydrogens (tertiary/aromatic N) is 5. The minimum absolute atomic E-state index is 0.475. The molecular weight excluding hydrogens is 250 g/mol. The first-order valence-electron chi connectivity index (χ1n) is 6.69. The van der Waals surface area contributed by atoms with E-state index in [0.717, 1.165) is 22.8 Å². The Balaban J connectivity index is 1.84. The van der Waals surface area contributed by atoms with Crippen LogP contribution >= 0.6 is 0 Å². The van der Waals surface area contributed by atoms with Crippen molar-refractivity contribution in [2.75, 3.05) is 0 Å². The Kier molecular flexibility index (Phi) is 2.55. The van der Waals surface area contributed by atoms with E-state index in [0.29, 0.717) is 6.04 Å². The van der Waals surface area contributed by atoms with E-state index in [1.54, 1.807) is 18.6 Å². The molecule has 4 rings (SSSR count). The molecule has 0 amide bonds. The molecule has 98 valence electrons. The van der Waals surface area contributed by atoms with Crippen molar-refractivity contribution in [3.05, 3.63) is 49.1 Å². The third-order valence-electron chi connectivity index (χ3n) is 3.36. The van der Waals surface area contributed by atoms with Gasteiger partial charge < -0.3 is 0 Å². The summed E-state index contributed by atoms with van der Waals surface area (Å²) in [4.78, 5) is 13.0. The van der Waals surface area contributed by atoms with Crippen molar-refractivity contribution >= 4 is 0 Å². The molecule has 3 aromatic heterocycles. The van der Waals surface area contributed by atoms with Gasteiger partial charge in [0.15, 0.2) is 11.6 Å². The fourth-order valence-electron chi connectivity index (χ4n) is 2.21. The molecule has 0 saturated heterocycles. The molecule has 20 heavy (non-hydrogen) atoms. The molecule has 0 bridgehead atoms. The molecule has 0 N–H and O–H groups in total. The molecule has 1 saturated carbocycles. The van der Waals surface area contributed by atoms with Crippen molar-refractivity contribution in [1.29, 1.82) is 0 Å². The lowest BCUT2D eigenvalue weighted by Crippen LogP contribution is -1.99. The summed E-state index contributed by atoms with van der Waals surface area (Å²) in [5, 5.41) is 4.66. The molecule has 1 aliphatic rings. The zero-order valence-electron chi connectivity index (χ0n) is 10.8. The van der Waals surface area contributed by atoms with E-state index in [9.17, 15) is 0 Å². The van der Waals surface area contributed by atoms with Crippen molar-refractivity contribution in [2.45, 2.75) is 18.9 Å². The van der Waals surface area contributed by atoms with Gasteiger partial charge in [-0.25, -0.2) is 9.67 Å². The molecule has 0 atom stereocenters. The normalized spacial score (nSPS) is 14.4. The van der Waals surface area contributed by atoms with Crippen LogP contribution in [0.1, 0.15) is 18.9 Å². The van der Waals surface area contributed by atoms with Gasteiger partial charge in [0.05, 0.1) is 6.04 Å². The second kappa shape index (κ2) is 4.52. The fourth-order valence-corrected chi connectivity index (χ4v) is 2.21. The highest BCUT2D eigenvalue weighted by atomic mass is 15.4. The van der Waals surface area contributed by atoms with Crippen LogP contribution in [0.4, 0.5) is 0 Å². The van der Waals surface area contributed by atoms with Gasteiger partial charge in [0.2, 0.25) is 0 Å². The Morgan fingerprint density at radius 2 is 1.65 bits per heavy atom. The van der Waals surface area contributed by atoms with Gasteiger partial charge in [0.25, 0.3) is 0 Å². The number of aromatic nitrogens is 5. The van der Waals surface area contributed by atoms with Crippen molar-refractivity contribution in [2.24, 2.45) is 0 Å². The maximum absolute atomic E-state index is 4.68. The van der Waals surface area contributed by atoms with Crippen LogP contribution in [0.3, 0.4) is 0 Å². The van der Waals surface area contributed by atoms with E-state index in [1.807, 2.05) is 35.1 Å². The fraction of sp³-hybridized carbons (Fsp3) is 0.200. The van der Waals surface area contributed by atoms with Gasteiger partial charge in [-0.1, -0.05) is 0 Å². The van der Waals surface area contributed by atoms with E-state index >= 15 is 0 Å². The SMILES string of the molecule is c1cncc(-c2nc(-c3cccnc3)n(C3CC3)n2)c1. The summed E-state index contributed by atoms with van der Waals surface area (Å²) in [6, 6.07) is 8.29. The third-order valence-corrected chi connectivity index (χ3v) is 3.36. The van der Waals surface area contributed by atoms with Gasteiger partial charge in [0, 0.05) is 35.9 Å². The number of rotatable bonds is 3. The van der Waals surface area contributed by atoms with Crippen LogP contribution < -0.4 is 0 Å². The van der Waals surface area contributed by atoms with Crippen molar-refractivity contribution in [3.8, 4) is 22.8 Å². The topological polar surface area (TPSA) is 56.5 Å². The minimum Gasteiger partial charge on any atom is -0.264 e. The van der Waals surface area contributed by atoms with Crippen LogP contribution in [-0.4, -0.2) is 24.7 Å². The second-order valence-corrected chi connectivity index (χ2v) is 4.92. The monoisotopic (exact) mass is 263 g/mol. The Morgan fingerprint density at radius 3 is 2.25 bits per heavy atom. The predicted molar refractivity (Wildman–Crippen MR) is 74.8 cm³/mol. The second-order valence-electron chi connectivity index (χ2n) is 4.92. The summed E-state index contributed by atoms with van der Waals surface area (Å²) in [6.07, 6.45) is 9.48. The van der Waals surface area contributed by atoms with Gasteiger partial charge in [-0.05, 0) is 37.1 Å². The molecule has 0 radical (unpaired) electrons. The largest absolute Gasteiger partial charge is 0.264 e. The molecular formula is C15H13N5. The molecule has 0 spiro atoms. The molecule has 1 fully saturated rings. The van der Waals surface area contributed by atoms with Crippen molar-refractivity contribution in [3.63, 3.8) is 0 Å². The lowest BCUT2D eigenvalue weighted by Gasteiger charge is -2.02. The average Bonchev–Trinajstić information content (AvgIpc) is 3.28. The summed E-state index contributed by atoms with van der Waals surface area (Å²) >= 11 is 0. The lowest BCUT2D eigenvalue weighted by atomic mass is 10.2. The van der Waals surface area contributed by atoms with Crippen LogP contribution in [0, 0.1) is 0 Å². The highest BCUT2D eigenvalue weighted by Crippen LogP contribution is 2.38. The maximum atomic E-state index is 4.68. The number of hydrogen-bond donors (Lipinski definition) is 0. The lowest BCUT2D eigenvalue weighted by molar-refractivity contribution is 0.649. The molecule has 3 heterocycles. The molecule has 0 aliphatic heterocycles. The van der Waals surface area contributed by atoms with Gasteiger partial charge in [-0.3, -0.25) is 9.97 Å². The summed E-state index contributed by atoms with van der Waals surface area (Å²) in [5.41, 5.74) is 1.94. The molecule has 0 aromatic carbocycles.